The number of carbonyl (C=O) groups is 1. The summed E-state index contributed by atoms with van der Waals surface area (Å²) >= 11 is 1.30. The molecule has 1 heterocycles. The molecule has 0 N–H and O–H groups in total. The molecule has 19 heavy (non-hydrogen) atoms. The van der Waals surface area contributed by atoms with Gasteiger partial charge in [0.05, 0.1) is 11.6 Å². The first-order valence-electron chi connectivity index (χ1n) is 5.46. The van der Waals surface area contributed by atoms with Gasteiger partial charge >= 0.3 is 6.03 Å². The summed E-state index contributed by atoms with van der Waals surface area (Å²) in [5.41, 5.74) is 0.597. The van der Waals surface area contributed by atoms with E-state index in [1.54, 1.807) is 31.3 Å². The molecule has 6 heteroatoms. The highest BCUT2D eigenvalue weighted by Gasteiger charge is 2.31. The predicted molar refractivity (Wildman–Crippen MR) is 72.8 cm³/mol. The molecule has 0 saturated carbocycles. The lowest BCUT2D eigenvalue weighted by molar-refractivity contribution is 0.223. The lowest BCUT2D eigenvalue weighted by Crippen LogP contribution is -2.44. The third-order valence-corrected chi connectivity index (χ3v) is 3.74. The number of benzene rings is 1. The highest BCUT2D eigenvalue weighted by atomic mass is 32.2. The van der Waals surface area contributed by atoms with Crippen molar-refractivity contribution in [3.63, 3.8) is 0 Å². The van der Waals surface area contributed by atoms with Crippen LogP contribution in [-0.4, -0.2) is 23.9 Å². The molecule has 1 saturated heterocycles. The molecule has 0 aliphatic carbocycles. The van der Waals surface area contributed by atoms with Gasteiger partial charge in [-0.1, -0.05) is 30.0 Å². The average molecular weight is 270 g/mol. The predicted octanol–water partition coefficient (Wildman–Crippen LogP) is 2.51. The van der Waals surface area contributed by atoms with Gasteiger partial charge in [0.1, 0.15) is 17.2 Å². The SMILES string of the molecule is CN1CSC(=C(C#N)C#N)N(c2ccccc2)C1=O. The van der Waals surface area contributed by atoms with Crippen LogP contribution in [0.1, 0.15) is 0 Å². The second kappa shape index (κ2) is 5.47. The summed E-state index contributed by atoms with van der Waals surface area (Å²) in [5, 5.41) is 18.4. The molecule has 0 bridgehead atoms. The largest absolute Gasteiger partial charge is 0.330 e. The first-order chi connectivity index (χ1) is 9.19. The van der Waals surface area contributed by atoms with Crippen LogP contribution < -0.4 is 4.90 Å². The van der Waals surface area contributed by atoms with Crippen molar-refractivity contribution in [1.82, 2.24) is 4.90 Å². The Balaban J connectivity index is 2.56. The minimum atomic E-state index is -0.247. The van der Waals surface area contributed by atoms with Crippen molar-refractivity contribution in [3.05, 3.63) is 40.9 Å². The molecule has 1 aliphatic rings. The molecule has 0 unspecified atom stereocenters. The van der Waals surface area contributed by atoms with Gasteiger partial charge in [-0.2, -0.15) is 10.5 Å². The average Bonchev–Trinajstić information content (AvgIpc) is 2.45. The van der Waals surface area contributed by atoms with E-state index in [9.17, 15) is 4.79 Å². The van der Waals surface area contributed by atoms with Gasteiger partial charge in [-0.3, -0.25) is 4.90 Å². The van der Waals surface area contributed by atoms with E-state index in [4.69, 9.17) is 10.5 Å². The summed E-state index contributed by atoms with van der Waals surface area (Å²) in [5.74, 6) is 0.421. The van der Waals surface area contributed by atoms with Crippen LogP contribution in [0, 0.1) is 22.7 Å². The zero-order valence-electron chi connectivity index (χ0n) is 10.2. The fraction of sp³-hybridized carbons (Fsp3) is 0.154. The molecule has 5 nitrogen and oxygen atoms in total. The van der Waals surface area contributed by atoms with Crippen LogP contribution in [0.3, 0.4) is 0 Å². The quantitative estimate of drug-likeness (QED) is 0.735. The Morgan fingerprint density at radius 2 is 1.89 bits per heavy atom. The zero-order chi connectivity index (χ0) is 13.8. The van der Waals surface area contributed by atoms with Crippen molar-refractivity contribution < 1.29 is 4.79 Å². The highest BCUT2D eigenvalue weighted by molar-refractivity contribution is 8.03. The summed E-state index contributed by atoms with van der Waals surface area (Å²) in [7, 11) is 1.68. The minimum absolute atomic E-state index is 0.0460. The number of amides is 2. The topological polar surface area (TPSA) is 71.1 Å². The molecule has 1 aliphatic heterocycles. The molecule has 0 aromatic heterocycles. The molecule has 2 rings (SSSR count). The van der Waals surface area contributed by atoms with Gasteiger partial charge in [0.15, 0.2) is 5.57 Å². The van der Waals surface area contributed by atoms with E-state index in [0.717, 1.165) is 0 Å². The number of anilines is 1. The van der Waals surface area contributed by atoms with Crippen LogP contribution in [0.5, 0.6) is 0 Å². The Kier molecular flexibility index (Phi) is 3.74. The summed E-state index contributed by atoms with van der Waals surface area (Å²) in [6.45, 7) is 0. The lowest BCUT2D eigenvalue weighted by atomic mass is 10.2. The summed E-state index contributed by atoms with van der Waals surface area (Å²) in [4.78, 5) is 15.2. The number of carbonyl (C=O) groups excluding carboxylic acids is 1. The Hall–Kier alpha value is -2.44. The van der Waals surface area contributed by atoms with Crippen LogP contribution in [0.25, 0.3) is 0 Å². The standard InChI is InChI=1S/C13H10N4OS/c1-16-9-19-12(10(7-14)8-15)17(13(16)18)11-5-3-2-4-6-11/h2-6H,9H2,1H3. The molecule has 1 fully saturated rings. The molecular formula is C13H10N4OS. The number of hydrogen-bond donors (Lipinski definition) is 0. The Labute approximate surface area is 115 Å². The van der Waals surface area contributed by atoms with E-state index in [1.807, 2.05) is 18.2 Å². The monoisotopic (exact) mass is 270 g/mol. The van der Waals surface area contributed by atoms with E-state index in [2.05, 4.69) is 0 Å². The number of hydrogen-bond acceptors (Lipinski definition) is 4. The van der Waals surface area contributed by atoms with Crippen LogP contribution in [0.15, 0.2) is 40.9 Å². The van der Waals surface area contributed by atoms with E-state index in [1.165, 1.54) is 21.6 Å². The van der Waals surface area contributed by atoms with Crippen molar-refractivity contribution in [2.75, 3.05) is 17.8 Å². The normalized spacial score (nSPS) is 14.9. The van der Waals surface area contributed by atoms with Gasteiger partial charge in [-0.25, -0.2) is 4.79 Å². The molecular weight excluding hydrogens is 260 g/mol. The second-order valence-electron chi connectivity index (χ2n) is 3.83. The molecule has 0 radical (unpaired) electrons. The smallest absolute Gasteiger partial charge is 0.317 e. The van der Waals surface area contributed by atoms with Crippen LogP contribution in [0.2, 0.25) is 0 Å². The van der Waals surface area contributed by atoms with Gasteiger partial charge in [0, 0.05) is 7.05 Å². The molecule has 0 atom stereocenters. The second-order valence-corrected chi connectivity index (χ2v) is 4.76. The van der Waals surface area contributed by atoms with Crippen molar-refractivity contribution in [3.8, 4) is 12.1 Å². The maximum atomic E-state index is 12.3. The Morgan fingerprint density at radius 3 is 2.47 bits per heavy atom. The lowest BCUT2D eigenvalue weighted by Gasteiger charge is -2.34. The number of rotatable bonds is 1. The van der Waals surface area contributed by atoms with E-state index in [-0.39, 0.29) is 11.6 Å². The molecule has 1 aromatic rings. The van der Waals surface area contributed by atoms with Gasteiger partial charge in [0.2, 0.25) is 0 Å². The summed E-state index contributed by atoms with van der Waals surface area (Å²) < 4.78 is 0. The zero-order valence-corrected chi connectivity index (χ0v) is 11.0. The number of nitriles is 2. The number of para-hydroxylation sites is 1. The minimum Gasteiger partial charge on any atom is -0.317 e. The number of allylic oxidation sites excluding steroid dienone is 1. The molecule has 94 valence electrons. The molecule has 1 aromatic carbocycles. The fourth-order valence-electron chi connectivity index (χ4n) is 1.64. The van der Waals surface area contributed by atoms with E-state index in [0.29, 0.717) is 16.6 Å². The van der Waals surface area contributed by atoms with Gasteiger partial charge in [-0.05, 0) is 12.1 Å². The van der Waals surface area contributed by atoms with Crippen molar-refractivity contribution >= 4 is 23.5 Å². The van der Waals surface area contributed by atoms with Crippen molar-refractivity contribution in [2.45, 2.75) is 0 Å². The number of urea groups is 1. The van der Waals surface area contributed by atoms with Crippen molar-refractivity contribution in [1.29, 1.82) is 10.5 Å². The third kappa shape index (κ3) is 2.40. The maximum Gasteiger partial charge on any atom is 0.330 e. The van der Waals surface area contributed by atoms with Gasteiger partial charge < -0.3 is 4.90 Å². The van der Waals surface area contributed by atoms with Crippen LogP contribution >= 0.6 is 11.8 Å². The Morgan fingerprint density at radius 1 is 1.26 bits per heavy atom. The molecule has 2 amide bonds. The number of thioether (sulfide) groups is 1. The molecule has 0 spiro atoms. The summed E-state index contributed by atoms with van der Waals surface area (Å²) in [6.07, 6.45) is 0. The fourth-order valence-corrected chi connectivity index (χ4v) is 2.62. The van der Waals surface area contributed by atoms with E-state index < -0.39 is 0 Å². The Bertz CT molecular complexity index is 596. The van der Waals surface area contributed by atoms with Crippen LogP contribution in [0.4, 0.5) is 10.5 Å². The number of nitrogens with zero attached hydrogens (tertiary/aromatic N) is 4. The first kappa shape index (κ1) is 13.0. The van der Waals surface area contributed by atoms with E-state index >= 15 is 0 Å². The van der Waals surface area contributed by atoms with Gasteiger partial charge in [-0.15, -0.1) is 0 Å². The maximum absolute atomic E-state index is 12.3. The highest BCUT2D eigenvalue weighted by Crippen LogP contribution is 2.34. The summed E-state index contributed by atoms with van der Waals surface area (Å²) in [6, 6.07) is 12.4. The first-order valence-corrected chi connectivity index (χ1v) is 6.45. The van der Waals surface area contributed by atoms with Gasteiger partial charge in [0.25, 0.3) is 0 Å². The van der Waals surface area contributed by atoms with Crippen molar-refractivity contribution in [2.24, 2.45) is 0 Å². The third-order valence-electron chi connectivity index (χ3n) is 2.57. The van der Waals surface area contributed by atoms with Crippen LogP contribution in [-0.2, 0) is 0 Å².